The van der Waals surface area contributed by atoms with Crippen LogP contribution in [0.3, 0.4) is 0 Å². The summed E-state index contributed by atoms with van der Waals surface area (Å²) < 4.78 is 0. The predicted octanol–water partition coefficient (Wildman–Crippen LogP) is 2.40. The summed E-state index contributed by atoms with van der Waals surface area (Å²) in [6.45, 7) is 2.88. The van der Waals surface area contributed by atoms with Crippen molar-refractivity contribution in [3.8, 4) is 0 Å². The van der Waals surface area contributed by atoms with Crippen molar-refractivity contribution in [2.45, 2.75) is 57.9 Å². The molecule has 2 rings (SSSR count). The minimum Gasteiger partial charge on any atom is -0.341 e. The number of amides is 1. The van der Waals surface area contributed by atoms with Crippen LogP contribution in [0, 0.1) is 17.8 Å². The van der Waals surface area contributed by atoms with Crippen LogP contribution in [0.1, 0.15) is 51.9 Å². The molecule has 0 saturated heterocycles. The molecular weight excluding hydrogens is 224 g/mol. The van der Waals surface area contributed by atoms with E-state index in [4.69, 9.17) is 5.73 Å². The molecule has 2 aliphatic rings. The van der Waals surface area contributed by atoms with E-state index >= 15 is 0 Å². The molecule has 2 fully saturated rings. The average molecular weight is 252 g/mol. The van der Waals surface area contributed by atoms with Gasteiger partial charge in [0, 0.05) is 25.6 Å². The highest BCUT2D eigenvalue weighted by atomic mass is 16.2. The molecular formula is C15H28N2O. The first-order valence-corrected chi connectivity index (χ1v) is 7.64. The third kappa shape index (κ3) is 3.05. The summed E-state index contributed by atoms with van der Waals surface area (Å²) in [5.41, 5.74) is 5.83. The number of nitrogens with two attached hydrogens (primary N) is 1. The number of carbonyl (C=O) groups is 1. The summed E-state index contributed by atoms with van der Waals surface area (Å²) in [5, 5.41) is 0. The van der Waals surface area contributed by atoms with Crippen LogP contribution in [0.5, 0.6) is 0 Å². The lowest BCUT2D eigenvalue weighted by Gasteiger charge is -2.34. The molecule has 0 aliphatic heterocycles. The number of hydrogen-bond donors (Lipinski definition) is 1. The van der Waals surface area contributed by atoms with Gasteiger partial charge in [0.2, 0.25) is 5.91 Å². The van der Waals surface area contributed by atoms with E-state index in [1.807, 2.05) is 11.9 Å². The molecule has 2 N–H and O–H groups in total. The van der Waals surface area contributed by atoms with Crippen LogP contribution < -0.4 is 5.73 Å². The van der Waals surface area contributed by atoms with Crippen LogP contribution in [0.15, 0.2) is 0 Å². The number of likely N-dealkylation sites (N-methyl/N-ethyl adjacent to an activating group) is 1. The van der Waals surface area contributed by atoms with E-state index in [-0.39, 0.29) is 5.92 Å². The Kier molecular flexibility index (Phi) is 4.66. The van der Waals surface area contributed by atoms with Crippen molar-refractivity contribution in [2.24, 2.45) is 23.5 Å². The second-order valence-corrected chi connectivity index (χ2v) is 6.22. The lowest BCUT2D eigenvalue weighted by atomic mass is 9.80. The standard InChI is InChI=1S/C15H28N2O/c1-3-11-4-6-13(7-5-11)15(18)17(2)14(10-16)12-8-9-12/h11-14H,3-10,16H2,1-2H3. The molecule has 0 heterocycles. The Bertz CT molecular complexity index is 280. The fraction of sp³-hybridized carbons (Fsp3) is 0.933. The molecule has 0 radical (unpaired) electrons. The van der Waals surface area contributed by atoms with Gasteiger partial charge >= 0.3 is 0 Å². The van der Waals surface area contributed by atoms with Gasteiger partial charge in [0.25, 0.3) is 0 Å². The second-order valence-electron chi connectivity index (χ2n) is 6.22. The van der Waals surface area contributed by atoms with Crippen LogP contribution in [-0.4, -0.2) is 30.4 Å². The number of rotatable bonds is 5. The Morgan fingerprint density at radius 1 is 1.22 bits per heavy atom. The highest BCUT2D eigenvalue weighted by Gasteiger charge is 2.37. The molecule has 1 amide bonds. The van der Waals surface area contributed by atoms with Gasteiger partial charge in [0.1, 0.15) is 0 Å². The van der Waals surface area contributed by atoms with E-state index in [9.17, 15) is 4.79 Å². The highest BCUT2D eigenvalue weighted by molar-refractivity contribution is 5.79. The maximum Gasteiger partial charge on any atom is 0.225 e. The normalized spacial score (nSPS) is 29.9. The summed E-state index contributed by atoms with van der Waals surface area (Å²) >= 11 is 0. The third-order valence-corrected chi connectivity index (χ3v) is 5.03. The second kappa shape index (κ2) is 6.05. The molecule has 2 aliphatic carbocycles. The first kappa shape index (κ1) is 13.9. The van der Waals surface area contributed by atoms with Gasteiger partial charge in [-0.15, -0.1) is 0 Å². The van der Waals surface area contributed by atoms with Crippen LogP contribution in [0.4, 0.5) is 0 Å². The summed E-state index contributed by atoms with van der Waals surface area (Å²) in [7, 11) is 1.96. The Morgan fingerprint density at radius 3 is 2.28 bits per heavy atom. The van der Waals surface area contributed by atoms with E-state index in [0.717, 1.165) is 18.8 Å². The van der Waals surface area contributed by atoms with Crippen molar-refractivity contribution in [3.05, 3.63) is 0 Å². The highest BCUT2D eigenvalue weighted by Crippen LogP contribution is 2.36. The summed E-state index contributed by atoms with van der Waals surface area (Å²) in [4.78, 5) is 14.5. The van der Waals surface area contributed by atoms with E-state index < -0.39 is 0 Å². The number of carbonyl (C=O) groups excluding carboxylic acids is 1. The van der Waals surface area contributed by atoms with Gasteiger partial charge in [-0.25, -0.2) is 0 Å². The molecule has 2 saturated carbocycles. The first-order chi connectivity index (χ1) is 8.67. The molecule has 0 aromatic carbocycles. The van der Waals surface area contributed by atoms with E-state index in [1.165, 1.54) is 32.1 Å². The van der Waals surface area contributed by atoms with E-state index in [1.54, 1.807) is 0 Å². The van der Waals surface area contributed by atoms with Crippen LogP contribution >= 0.6 is 0 Å². The Hall–Kier alpha value is -0.570. The maximum absolute atomic E-state index is 12.5. The van der Waals surface area contributed by atoms with E-state index in [0.29, 0.717) is 24.4 Å². The van der Waals surface area contributed by atoms with Gasteiger partial charge in [0.05, 0.1) is 0 Å². The quantitative estimate of drug-likeness (QED) is 0.816. The van der Waals surface area contributed by atoms with E-state index in [2.05, 4.69) is 6.92 Å². The summed E-state index contributed by atoms with van der Waals surface area (Å²) in [6.07, 6.45) is 8.41. The summed E-state index contributed by atoms with van der Waals surface area (Å²) in [5.74, 6) is 2.15. The topological polar surface area (TPSA) is 46.3 Å². The monoisotopic (exact) mass is 252 g/mol. The molecule has 0 spiro atoms. The predicted molar refractivity (Wildman–Crippen MR) is 74.1 cm³/mol. The SMILES string of the molecule is CCC1CCC(C(=O)N(C)C(CN)C2CC2)CC1. The molecule has 3 heteroatoms. The minimum atomic E-state index is 0.269. The Balaban J connectivity index is 1.86. The largest absolute Gasteiger partial charge is 0.341 e. The van der Waals surface area contributed by atoms with Gasteiger partial charge in [0.15, 0.2) is 0 Å². The molecule has 0 aromatic heterocycles. The third-order valence-electron chi connectivity index (χ3n) is 5.03. The van der Waals surface area contributed by atoms with Crippen LogP contribution in [-0.2, 0) is 4.79 Å². The van der Waals surface area contributed by atoms with Gasteiger partial charge < -0.3 is 10.6 Å². The zero-order valence-corrected chi connectivity index (χ0v) is 11.9. The molecule has 104 valence electrons. The molecule has 1 atom stereocenters. The fourth-order valence-corrected chi connectivity index (χ4v) is 3.42. The molecule has 3 nitrogen and oxygen atoms in total. The van der Waals surface area contributed by atoms with Crippen molar-refractivity contribution in [2.75, 3.05) is 13.6 Å². The summed E-state index contributed by atoms with van der Waals surface area (Å²) in [6, 6.07) is 0.293. The minimum absolute atomic E-state index is 0.269. The molecule has 1 unspecified atom stereocenters. The van der Waals surface area contributed by atoms with Crippen molar-refractivity contribution < 1.29 is 4.79 Å². The van der Waals surface area contributed by atoms with Gasteiger partial charge in [-0.05, 0) is 50.4 Å². The fourth-order valence-electron chi connectivity index (χ4n) is 3.42. The molecule has 0 aromatic rings. The zero-order valence-electron chi connectivity index (χ0n) is 11.9. The van der Waals surface area contributed by atoms with Crippen LogP contribution in [0.25, 0.3) is 0 Å². The first-order valence-electron chi connectivity index (χ1n) is 7.64. The number of hydrogen-bond acceptors (Lipinski definition) is 2. The zero-order chi connectivity index (χ0) is 13.1. The lowest BCUT2D eigenvalue weighted by molar-refractivity contribution is -0.137. The molecule has 0 bridgehead atoms. The van der Waals surface area contributed by atoms with Gasteiger partial charge in [-0.3, -0.25) is 4.79 Å². The van der Waals surface area contributed by atoms with Crippen molar-refractivity contribution in [1.82, 2.24) is 4.90 Å². The van der Waals surface area contributed by atoms with Crippen LogP contribution in [0.2, 0.25) is 0 Å². The lowest BCUT2D eigenvalue weighted by Crippen LogP contribution is -2.46. The van der Waals surface area contributed by atoms with Gasteiger partial charge in [-0.1, -0.05) is 13.3 Å². The average Bonchev–Trinajstić information content (AvgIpc) is 3.23. The smallest absolute Gasteiger partial charge is 0.225 e. The van der Waals surface area contributed by atoms with Gasteiger partial charge in [-0.2, -0.15) is 0 Å². The maximum atomic E-state index is 12.5. The molecule has 18 heavy (non-hydrogen) atoms. The van der Waals surface area contributed by atoms with Crippen molar-refractivity contribution >= 4 is 5.91 Å². The Morgan fingerprint density at radius 2 is 1.83 bits per heavy atom. The van der Waals surface area contributed by atoms with Crippen molar-refractivity contribution in [1.29, 1.82) is 0 Å². The number of nitrogens with zero attached hydrogens (tertiary/aromatic N) is 1. The van der Waals surface area contributed by atoms with Crippen molar-refractivity contribution in [3.63, 3.8) is 0 Å². The Labute approximate surface area is 111 Å².